The van der Waals surface area contributed by atoms with Crippen LogP contribution >= 0.6 is 0 Å². The third-order valence-corrected chi connectivity index (χ3v) is 8.75. The second-order valence-electron chi connectivity index (χ2n) is 14.2. The number of nitrogens with two attached hydrogens (primary N) is 1. The van der Waals surface area contributed by atoms with Crippen LogP contribution in [0.2, 0.25) is 0 Å². The van der Waals surface area contributed by atoms with Crippen LogP contribution in [0.25, 0.3) is 0 Å². The van der Waals surface area contributed by atoms with E-state index in [1.54, 1.807) is 71.0 Å². The maximum absolute atomic E-state index is 14.7. The molecule has 0 saturated heterocycles. The Labute approximate surface area is 319 Å². The third kappa shape index (κ3) is 13.3. The van der Waals surface area contributed by atoms with Crippen molar-refractivity contribution in [2.75, 3.05) is 7.11 Å². The summed E-state index contributed by atoms with van der Waals surface area (Å²) in [5.41, 5.74) is 6.63. The third-order valence-electron chi connectivity index (χ3n) is 8.75. The minimum atomic E-state index is -1.56. The van der Waals surface area contributed by atoms with Gasteiger partial charge in [-0.2, -0.15) is 0 Å². The number of aromatic nitrogens is 2. The van der Waals surface area contributed by atoms with E-state index in [0.29, 0.717) is 28.1 Å². The number of alkyl carbamates (subject to hydrolysis) is 1. The lowest BCUT2D eigenvalue weighted by Gasteiger charge is -2.35. The number of methoxy groups -OCH3 is 1. The van der Waals surface area contributed by atoms with Crippen molar-refractivity contribution < 1.29 is 43.5 Å². The fourth-order valence-corrected chi connectivity index (χ4v) is 5.75. The van der Waals surface area contributed by atoms with Gasteiger partial charge in [-0.15, -0.1) is 0 Å². The van der Waals surface area contributed by atoms with E-state index in [9.17, 15) is 39.2 Å². The monoisotopic (exact) mass is 765 g/mol. The highest BCUT2D eigenvalue weighted by Crippen LogP contribution is 2.22. The smallest absolute Gasteiger partial charge is 0.408 e. The topological polar surface area (TPSA) is 249 Å². The molecule has 1 heterocycles. The number of imidazole rings is 1. The molecular formula is C38H51N7O10. The first-order valence-corrected chi connectivity index (χ1v) is 17.9. The lowest BCUT2D eigenvalue weighted by atomic mass is 9.94. The van der Waals surface area contributed by atoms with Crippen molar-refractivity contribution in [2.24, 2.45) is 11.7 Å². The average molecular weight is 766 g/mol. The molecule has 1 unspecified atom stereocenters. The van der Waals surface area contributed by atoms with E-state index in [1.807, 2.05) is 0 Å². The van der Waals surface area contributed by atoms with Gasteiger partial charge in [0, 0.05) is 37.2 Å². The number of non-ortho nitro benzene ring substituents is 1. The summed E-state index contributed by atoms with van der Waals surface area (Å²) in [4.78, 5) is 87.6. The maximum atomic E-state index is 14.7. The fraction of sp³-hybridized carbons (Fsp3) is 0.474. The number of nitro groups is 1. The largest absolute Gasteiger partial charge is 0.467 e. The van der Waals surface area contributed by atoms with E-state index in [2.05, 4.69) is 20.6 Å². The molecule has 6 N–H and O–H groups in total. The van der Waals surface area contributed by atoms with Gasteiger partial charge in [-0.05, 0) is 44.2 Å². The number of imide groups is 1. The molecule has 3 aromatic rings. The summed E-state index contributed by atoms with van der Waals surface area (Å²) < 4.78 is 10.4. The van der Waals surface area contributed by atoms with Crippen LogP contribution in [-0.2, 0) is 47.9 Å². The van der Waals surface area contributed by atoms with E-state index in [4.69, 9.17) is 15.2 Å². The number of rotatable bonds is 18. The number of nitrogens with zero attached hydrogens (tertiary/aromatic N) is 3. The molecule has 1 aromatic heterocycles. The number of benzene rings is 2. The molecule has 6 atom stereocenters. The molecule has 0 radical (unpaired) electrons. The van der Waals surface area contributed by atoms with Gasteiger partial charge in [-0.1, -0.05) is 62.7 Å². The molecule has 4 amide bonds. The van der Waals surface area contributed by atoms with Crippen molar-refractivity contribution in [2.45, 2.75) is 103 Å². The number of aromatic amines is 1. The van der Waals surface area contributed by atoms with Crippen molar-refractivity contribution in [3.8, 4) is 0 Å². The van der Waals surface area contributed by atoms with Crippen molar-refractivity contribution in [3.63, 3.8) is 0 Å². The number of hydrogen-bond acceptors (Lipinski definition) is 12. The summed E-state index contributed by atoms with van der Waals surface area (Å²) in [6.45, 7) is 8.37. The maximum Gasteiger partial charge on any atom is 0.408 e. The van der Waals surface area contributed by atoms with E-state index in [-0.39, 0.29) is 24.9 Å². The van der Waals surface area contributed by atoms with Gasteiger partial charge < -0.3 is 35.9 Å². The summed E-state index contributed by atoms with van der Waals surface area (Å²) in [5, 5.41) is 27.6. The molecule has 0 aliphatic heterocycles. The zero-order chi connectivity index (χ0) is 40.9. The molecule has 298 valence electrons. The van der Waals surface area contributed by atoms with Crippen LogP contribution in [0.15, 0.2) is 67.1 Å². The summed E-state index contributed by atoms with van der Waals surface area (Å²) in [7, 11) is 1.11. The van der Waals surface area contributed by atoms with Crippen molar-refractivity contribution in [1.82, 2.24) is 25.5 Å². The van der Waals surface area contributed by atoms with Gasteiger partial charge >= 0.3 is 12.1 Å². The lowest BCUT2D eigenvalue weighted by Crippen LogP contribution is -2.61. The molecule has 0 spiro atoms. The Morgan fingerprint density at radius 3 is 2.25 bits per heavy atom. The minimum Gasteiger partial charge on any atom is -0.467 e. The molecule has 0 fully saturated rings. The Hall–Kier alpha value is -5.68. The van der Waals surface area contributed by atoms with Gasteiger partial charge in [0.2, 0.25) is 11.8 Å². The normalized spacial score (nSPS) is 14.6. The molecule has 0 aliphatic carbocycles. The zero-order valence-electron chi connectivity index (χ0n) is 31.9. The number of aliphatic hydroxyl groups excluding tert-OH is 1. The van der Waals surface area contributed by atoms with Crippen LogP contribution in [-0.4, -0.2) is 97.7 Å². The highest BCUT2D eigenvalue weighted by atomic mass is 16.6. The number of carbonyl (C=O) groups is 5. The van der Waals surface area contributed by atoms with Crippen LogP contribution < -0.4 is 16.4 Å². The Morgan fingerprint density at radius 2 is 1.67 bits per heavy atom. The molecular weight excluding hydrogens is 714 g/mol. The second kappa shape index (κ2) is 20.1. The summed E-state index contributed by atoms with van der Waals surface area (Å²) in [6, 6.07) is 9.10. The Kier molecular flexibility index (Phi) is 16.0. The van der Waals surface area contributed by atoms with Crippen LogP contribution in [0, 0.1) is 16.0 Å². The number of nitro benzene ring substituents is 1. The van der Waals surface area contributed by atoms with Crippen molar-refractivity contribution in [3.05, 3.63) is 94.1 Å². The van der Waals surface area contributed by atoms with Gasteiger partial charge in [0.15, 0.2) is 0 Å². The lowest BCUT2D eigenvalue weighted by molar-refractivity contribution is -0.384. The molecule has 17 heteroatoms. The molecule has 0 bridgehead atoms. The number of H-pyrrole nitrogens is 1. The van der Waals surface area contributed by atoms with Crippen LogP contribution in [0.3, 0.4) is 0 Å². The summed E-state index contributed by atoms with van der Waals surface area (Å²) >= 11 is 0. The fourth-order valence-electron chi connectivity index (χ4n) is 5.75. The highest BCUT2D eigenvalue weighted by molar-refractivity contribution is 6.03. The molecule has 17 nitrogen and oxygen atoms in total. The summed E-state index contributed by atoms with van der Waals surface area (Å²) in [5.74, 6) is -4.35. The molecule has 0 aliphatic rings. The quantitative estimate of drug-likeness (QED) is 0.0713. The van der Waals surface area contributed by atoms with Gasteiger partial charge in [-0.25, -0.2) is 14.6 Å². The molecule has 3 rings (SSSR count). The number of nitrogens with one attached hydrogen (secondary N) is 3. The number of esters is 1. The van der Waals surface area contributed by atoms with Crippen molar-refractivity contribution >= 4 is 35.5 Å². The van der Waals surface area contributed by atoms with Crippen molar-refractivity contribution in [1.29, 1.82) is 0 Å². The van der Waals surface area contributed by atoms with E-state index < -0.39 is 82.9 Å². The van der Waals surface area contributed by atoms with Gasteiger partial charge in [-0.3, -0.25) is 29.4 Å². The van der Waals surface area contributed by atoms with Crippen LogP contribution in [0.1, 0.15) is 64.3 Å². The van der Waals surface area contributed by atoms with Gasteiger partial charge in [0.25, 0.3) is 11.6 Å². The number of amides is 4. The standard InChI is InChI=1S/C38H51N7O10/c1-7-23(2)33(36(50)54-6)44(32(47)20-31(46)28(39)17-25-14-11-15-27(16-25)45(52)53)35(49)30(19-26-21-40-22-41-26)42-34(48)29(18-24-12-9-8-10-13-24)43-37(51)55-38(3,4)5/h8-16,21-23,28-31,33,46H,7,17-20,39H2,1-6H3,(H,40,41)(H,42,48)(H,43,51)/t23-,28-,29-,30-,31?,33-/m0/s1. The first-order valence-electron chi connectivity index (χ1n) is 17.9. The van der Waals surface area contributed by atoms with Crippen LogP contribution in [0.4, 0.5) is 10.5 Å². The van der Waals surface area contributed by atoms with Gasteiger partial charge in [0.05, 0.1) is 36.6 Å². The SMILES string of the molecule is CC[C@H](C)[C@@H](C(=O)OC)N(C(=O)CC(O)[C@@H](N)Cc1cccc([N+](=O)[O-])c1)C(=O)[C@H](Cc1c[nH]cn1)NC(=O)[C@H](Cc1ccccc1)NC(=O)OC(C)(C)C. The van der Waals surface area contributed by atoms with Gasteiger partial charge in [0.1, 0.15) is 23.7 Å². The first kappa shape index (κ1) is 43.7. The molecule has 55 heavy (non-hydrogen) atoms. The predicted molar refractivity (Wildman–Crippen MR) is 200 cm³/mol. The minimum absolute atomic E-state index is 0.00415. The second-order valence-corrected chi connectivity index (χ2v) is 14.2. The van der Waals surface area contributed by atoms with E-state index >= 15 is 0 Å². The first-order chi connectivity index (χ1) is 25.9. The molecule has 0 saturated carbocycles. The predicted octanol–water partition coefficient (Wildman–Crippen LogP) is 2.75. The average Bonchev–Trinajstić information content (AvgIpc) is 3.65. The number of ether oxygens (including phenoxy) is 2. The van der Waals surface area contributed by atoms with E-state index in [1.165, 1.54) is 30.7 Å². The summed E-state index contributed by atoms with van der Waals surface area (Å²) in [6.07, 6.45) is -0.302. The number of hydrogen-bond donors (Lipinski definition) is 5. The Balaban J connectivity index is 2.01. The number of carbonyl (C=O) groups excluding carboxylic acids is 5. The highest BCUT2D eigenvalue weighted by Gasteiger charge is 2.43. The number of aliphatic hydroxyl groups is 1. The Bertz CT molecular complexity index is 1760. The van der Waals surface area contributed by atoms with Crippen LogP contribution in [0.5, 0.6) is 0 Å². The molecule has 2 aromatic carbocycles. The van der Waals surface area contributed by atoms with E-state index in [0.717, 1.165) is 7.11 Å². The zero-order valence-corrected chi connectivity index (χ0v) is 31.9. The Morgan fingerprint density at radius 1 is 1.00 bits per heavy atom.